The zero-order valence-corrected chi connectivity index (χ0v) is 11.1. The van der Waals surface area contributed by atoms with Gasteiger partial charge >= 0.3 is 5.97 Å². The SMILES string of the molecule is CC(CC(=O)O)CC(=O)N1CCCC2C(=O)NCC21. The first-order chi connectivity index (χ1) is 8.99. The van der Waals surface area contributed by atoms with Crippen LogP contribution in [0.25, 0.3) is 0 Å². The Morgan fingerprint density at radius 1 is 1.47 bits per heavy atom. The van der Waals surface area contributed by atoms with E-state index in [9.17, 15) is 14.4 Å². The summed E-state index contributed by atoms with van der Waals surface area (Å²) in [4.78, 5) is 36.2. The fourth-order valence-corrected chi connectivity index (χ4v) is 3.05. The molecular weight excluding hydrogens is 248 g/mol. The molecule has 0 spiro atoms. The fraction of sp³-hybridized carbons (Fsp3) is 0.769. The Bertz CT molecular complexity index is 396. The average molecular weight is 268 g/mol. The summed E-state index contributed by atoms with van der Waals surface area (Å²) in [5.74, 6) is -1.11. The summed E-state index contributed by atoms with van der Waals surface area (Å²) >= 11 is 0. The minimum atomic E-state index is -0.880. The highest BCUT2D eigenvalue weighted by atomic mass is 16.4. The van der Waals surface area contributed by atoms with Crippen LogP contribution in [0.1, 0.15) is 32.6 Å². The molecule has 0 aromatic rings. The number of hydrogen-bond acceptors (Lipinski definition) is 3. The third kappa shape index (κ3) is 3.05. The Hall–Kier alpha value is -1.59. The van der Waals surface area contributed by atoms with E-state index < -0.39 is 5.97 Å². The normalized spacial score (nSPS) is 27.6. The summed E-state index contributed by atoms with van der Waals surface area (Å²) in [5, 5.41) is 11.5. The zero-order valence-electron chi connectivity index (χ0n) is 11.1. The summed E-state index contributed by atoms with van der Waals surface area (Å²) in [7, 11) is 0. The topological polar surface area (TPSA) is 86.7 Å². The van der Waals surface area contributed by atoms with Gasteiger partial charge in [0.1, 0.15) is 0 Å². The summed E-state index contributed by atoms with van der Waals surface area (Å²) in [6.07, 6.45) is 1.92. The van der Waals surface area contributed by atoms with Crippen LogP contribution in [-0.4, -0.2) is 46.9 Å². The van der Waals surface area contributed by atoms with E-state index in [4.69, 9.17) is 5.11 Å². The Labute approximate surface area is 112 Å². The smallest absolute Gasteiger partial charge is 0.303 e. The van der Waals surface area contributed by atoms with E-state index in [1.165, 1.54) is 0 Å². The molecule has 2 heterocycles. The monoisotopic (exact) mass is 268 g/mol. The van der Waals surface area contributed by atoms with Crippen LogP contribution in [0.5, 0.6) is 0 Å². The molecule has 2 N–H and O–H groups in total. The van der Waals surface area contributed by atoms with Crippen LogP contribution in [0.4, 0.5) is 0 Å². The van der Waals surface area contributed by atoms with Gasteiger partial charge in [-0.25, -0.2) is 0 Å². The van der Waals surface area contributed by atoms with Crippen LogP contribution in [0.15, 0.2) is 0 Å². The molecule has 2 amide bonds. The predicted octanol–water partition coefficient (Wildman–Crippen LogP) is 0.224. The second-order valence-electron chi connectivity index (χ2n) is 5.56. The van der Waals surface area contributed by atoms with Crippen molar-refractivity contribution in [3.8, 4) is 0 Å². The molecule has 0 saturated carbocycles. The lowest BCUT2D eigenvalue weighted by atomic mass is 9.90. The number of fused-ring (bicyclic) bond motifs is 1. The number of piperidine rings is 1. The fourth-order valence-electron chi connectivity index (χ4n) is 3.05. The number of nitrogens with one attached hydrogen (secondary N) is 1. The van der Waals surface area contributed by atoms with Crippen LogP contribution in [-0.2, 0) is 14.4 Å². The van der Waals surface area contributed by atoms with Gasteiger partial charge in [-0.1, -0.05) is 6.92 Å². The number of carbonyl (C=O) groups is 3. The van der Waals surface area contributed by atoms with Crippen molar-refractivity contribution in [2.24, 2.45) is 11.8 Å². The summed E-state index contributed by atoms with van der Waals surface area (Å²) in [6.45, 7) is 2.98. The van der Waals surface area contributed by atoms with Gasteiger partial charge in [-0.05, 0) is 18.8 Å². The van der Waals surface area contributed by atoms with Gasteiger partial charge < -0.3 is 15.3 Å². The summed E-state index contributed by atoms with van der Waals surface area (Å²) < 4.78 is 0. The van der Waals surface area contributed by atoms with E-state index in [1.54, 1.807) is 11.8 Å². The van der Waals surface area contributed by atoms with Crippen LogP contribution in [0.3, 0.4) is 0 Å². The quantitative estimate of drug-likeness (QED) is 0.764. The molecule has 2 saturated heterocycles. The lowest BCUT2D eigenvalue weighted by Gasteiger charge is -2.36. The van der Waals surface area contributed by atoms with Crippen molar-refractivity contribution >= 4 is 17.8 Å². The van der Waals surface area contributed by atoms with Crippen molar-refractivity contribution in [3.63, 3.8) is 0 Å². The first-order valence-electron chi connectivity index (χ1n) is 6.78. The Kier molecular flexibility index (Phi) is 4.07. The first kappa shape index (κ1) is 13.8. The Balaban J connectivity index is 1.95. The number of carboxylic acid groups (broad SMARTS) is 1. The number of likely N-dealkylation sites (tertiary alicyclic amines) is 1. The number of amides is 2. The highest BCUT2D eigenvalue weighted by Gasteiger charge is 2.42. The van der Waals surface area contributed by atoms with E-state index >= 15 is 0 Å². The number of carbonyl (C=O) groups excluding carboxylic acids is 2. The van der Waals surface area contributed by atoms with Crippen molar-refractivity contribution < 1.29 is 19.5 Å². The molecule has 3 unspecified atom stereocenters. The third-order valence-corrected chi connectivity index (χ3v) is 3.97. The van der Waals surface area contributed by atoms with Gasteiger partial charge in [0.25, 0.3) is 0 Å². The van der Waals surface area contributed by atoms with Gasteiger partial charge in [0.05, 0.1) is 12.0 Å². The van der Waals surface area contributed by atoms with Gasteiger partial charge in [-0.3, -0.25) is 14.4 Å². The van der Waals surface area contributed by atoms with Gasteiger partial charge in [-0.2, -0.15) is 0 Å². The van der Waals surface area contributed by atoms with Crippen LogP contribution < -0.4 is 5.32 Å². The standard InChI is InChI=1S/C13H20N2O4/c1-8(6-12(17)18)5-11(16)15-4-2-3-9-10(15)7-14-13(9)19/h8-10H,2-7H2,1H3,(H,14,19)(H,17,18). The maximum absolute atomic E-state index is 12.2. The van der Waals surface area contributed by atoms with E-state index in [0.717, 1.165) is 12.8 Å². The molecule has 6 heteroatoms. The van der Waals surface area contributed by atoms with Gasteiger partial charge in [0.15, 0.2) is 0 Å². The lowest BCUT2D eigenvalue weighted by molar-refractivity contribution is -0.139. The van der Waals surface area contributed by atoms with Crippen LogP contribution in [0.2, 0.25) is 0 Å². The maximum Gasteiger partial charge on any atom is 0.303 e. The zero-order chi connectivity index (χ0) is 14.0. The third-order valence-electron chi connectivity index (χ3n) is 3.97. The molecule has 19 heavy (non-hydrogen) atoms. The molecule has 3 atom stereocenters. The van der Waals surface area contributed by atoms with Crippen molar-refractivity contribution in [1.82, 2.24) is 10.2 Å². The molecule has 0 aliphatic carbocycles. The Morgan fingerprint density at radius 3 is 2.89 bits per heavy atom. The van der Waals surface area contributed by atoms with E-state index in [0.29, 0.717) is 13.1 Å². The molecule has 0 radical (unpaired) electrons. The number of aliphatic carboxylic acids is 1. The number of nitrogens with zero attached hydrogens (tertiary/aromatic N) is 1. The molecule has 0 aromatic carbocycles. The predicted molar refractivity (Wildman–Crippen MR) is 67.3 cm³/mol. The van der Waals surface area contributed by atoms with Gasteiger partial charge in [0.2, 0.25) is 11.8 Å². The molecule has 0 bridgehead atoms. The molecule has 6 nitrogen and oxygen atoms in total. The largest absolute Gasteiger partial charge is 0.481 e. The van der Waals surface area contributed by atoms with Crippen LogP contribution in [0, 0.1) is 11.8 Å². The van der Waals surface area contributed by atoms with E-state index in [-0.39, 0.29) is 42.5 Å². The van der Waals surface area contributed by atoms with Gasteiger partial charge in [-0.15, -0.1) is 0 Å². The molecule has 2 aliphatic heterocycles. The van der Waals surface area contributed by atoms with Crippen molar-refractivity contribution in [3.05, 3.63) is 0 Å². The molecule has 2 rings (SSSR count). The maximum atomic E-state index is 12.2. The number of hydrogen-bond donors (Lipinski definition) is 2. The highest BCUT2D eigenvalue weighted by Crippen LogP contribution is 2.28. The number of rotatable bonds is 4. The average Bonchev–Trinajstić information content (AvgIpc) is 2.70. The minimum Gasteiger partial charge on any atom is -0.481 e. The molecule has 2 fully saturated rings. The second kappa shape index (κ2) is 5.59. The Morgan fingerprint density at radius 2 is 2.21 bits per heavy atom. The number of carboxylic acids is 1. The van der Waals surface area contributed by atoms with Gasteiger partial charge in [0, 0.05) is 25.9 Å². The lowest BCUT2D eigenvalue weighted by Crippen LogP contribution is -2.49. The highest BCUT2D eigenvalue weighted by molar-refractivity contribution is 5.84. The second-order valence-corrected chi connectivity index (χ2v) is 5.56. The summed E-state index contributed by atoms with van der Waals surface area (Å²) in [5.41, 5.74) is 0. The first-order valence-corrected chi connectivity index (χ1v) is 6.78. The van der Waals surface area contributed by atoms with E-state index in [1.807, 2.05) is 0 Å². The van der Waals surface area contributed by atoms with Crippen molar-refractivity contribution in [2.45, 2.75) is 38.6 Å². The minimum absolute atomic E-state index is 0.00482. The molecule has 106 valence electrons. The van der Waals surface area contributed by atoms with E-state index in [2.05, 4.69) is 5.32 Å². The molecule has 2 aliphatic rings. The molecule has 0 aromatic heterocycles. The molecular formula is C13H20N2O4. The van der Waals surface area contributed by atoms with Crippen LogP contribution >= 0.6 is 0 Å². The summed E-state index contributed by atoms with van der Waals surface area (Å²) in [6, 6.07) is -0.0363. The van der Waals surface area contributed by atoms with Crippen molar-refractivity contribution in [1.29, 1.82) is 0 Å². The van der Waals surface area contributed by atoms with Crippen molar-refractivity contribution in [2.75, 3.05) is 13.1 Å².